The molecule has 22 heavy (non-hydrogen) atoms. The van der Waals surface area contributed by atoms with E-state index in [0.29, 0.717) is 5.02 Å². The molecule has 1 atom stereocenters. The first-order chi connectivity index (χ1) is 10.4. The summed E-state index contributed by atoms with van der Waals surface area (Å²) in [7, 11) is -2.26. The molecule has 1 unspecified atom stereocenters. The molecule has 0 N–H and O–H groups in total. The molecule has 114 valence electrons. The third-order valence-corrected chi connectivity index (χ3v) is 5.80. The lowest BCUT2D eigenvalue weighted by Gasteiger charge is -2.25. The minimum Gasteiger partial charge on any atom is -0.207 e. The molecule has 2 aromatic carbocycles. The van der Waals surface area contributed by atoms with Gasteiger partial charge in [0.25, 0.3) is 0 Å². The van der Waals surface area contributed by atoms with Gasteiger partial charge in [0.2, 0.25) is 10.0 Å². The number of nitrogens with zero attached hydrogens (tertiary/aromatic N) is 2. The Balaban J connectivity index is 2.41. The Kier molecular flexibility index (Phi) is 4.87. The molecule has 0 aliphatic rings. The van der Waals surface area contributed by atoms with Crippen LogP contribution in [0.5, 0.6) is 0 Å². The van der Waals surface area contributed by atoms with E-state index >= 15 is 0 Å². The van der Waals surface area contributed by atoms with E-state index < -0.39 is 10.0 Å². The van der Waals surface area contributed by atoms with Crippen molar-refractivity contribution in [3.05, 3.63) is 64.7 Å². The van der Waals surface area contributed by atoms with Crippen molar-refractivity contribution in [2.24, 2.45) is 0 Å². The Hall–Kier alpha value is -1.87. The van der Waals surface area contributed by atoms with Crippen LogP contribution < -0.4 is 0 Å². The van der Waals surface area contributed by atoms with Gasteiger partial charge in [-0.2, -0.15) is 9.57 Å². The van der Waals surface area contributed by atoms with Gasteiger partial charge in [-0.05, 0) is 36.8 Å². The van der Waals surface area contributed by atoms with Gasteiger partial charge < -0.3 is 0 Å². The van der Waals surface area contributed by atoms with E-state index in [0.717, 1.165) is 5.56 Å². The average Bonchev–Trinajstić information content (AvgIpc) is 2.54. The molecule has 0 saturated carbocycles. The van der Waals surface area contributed by atoms with Crippen molar-refractivity contribution >= 4 is 21.6 Å². The highest BCUT2D eigenvalue weighted by Gasteiger charge is 2.28. The third kappa shape index (κ3) is 3.14. The molecule has 0 aromatic heterocycles. The maximum atomic E-state index is 12.7. The second kappa shape index (κ2) is 6.49. The Morgan fingerprint density at radius 3 is 2.32 bits per heavy atom. The van der Waals surface area contributed by atoms with Crippen molar-refractivity contribution in [1.29, 1.82) is 5.26 Å². The fourth-order valence-electron chi connectivity index (χ4n) is 2.10. The molecular formula is C16H15ClN2O2S. The van der Waals surface area contributed by atoms with Crippen molar-refractivity contribution in [2.75, 3.05) is 7.05 Å². The summed E-state index contributed by atoms with van der Waals surface area (Å²) in [4.78, 5) is 0.0146. The van der Waals surface area contributed by atoms with Crippen LogP contribution in [0.2, 0.25) is 5.02 Å². The largest absolute Gasteiger partial charge is 0.244 e. The molecule has 2 aromatic rings. The van der Waals surface area contributed by atoms with E-state index in [1.54, 1.807) is 43.3 Å². The van der Waals surface area contributed by atoms with Crippen LogP contribution in [0, 0.1) is 11.3 Å². The number of rotatable bonds is 4. The van der Waals surface area contributed by atoms with Crippen molar-refractivity contribution in [2.45, 2.75) is 17.9 Å². The zero-order valence-corrected chi connectivity index (χ0v) is 13.8. The maximum Gasteiger partial charge on any atom is 0.244 e. The Morgan fingerprint density at radius 2 is 1.73 bits per heavy atom. The SMILES string of the molecule is CC(c1ccc(Cl)cc1)N(C)S(=O)(=O)c1ccccc1C#N. The second-order valence-electron chi connectivity index (χ2n) is 4.86. The van der Waals surface area contributed by atoms with Crippen LogP contribution in [0.25, 0.3) is 0 Å². The van der Waals surface area contributed by atoms with Gasteiger partial charge in [-0.25, -0.2) is 8.42 Å². The van der Waals surface area contributed by atoms with Gasteiger partial charge in [-0.1, -0.05) is 35.9 Å². The van der Waals surface area contributed by atoms with Gasteiger partial charge in [-0.3, -0.25) is 0 Å². The minimum atomic E-state index is -3.76. The molecule has 0 aliphatic carbocycles. The summed E-state index contributed by atoms with van der Waals surface area (Å²) in [6, 6.07) is 14.7. The normalized spacial score (nSPS) is 12.9. The summed E-state index contributed by atoms with van der Waals surface area (Å²) in [5.74, 6) is 0. The van der Waals surface area contributed by atoms with Crippen molar-refractivity contribution in [1.82, 2.24) is 4.31 Å². The minimum absolute atomic E-state index is 0.0146. The number of nitriles is 1. The van der Waals surface area contributed by atoms with Crippen LogP contribution in [-0.4, -0.2) is 19.8 Å². The van der Waals surface area contributed by atoms with Crippen molar-refractivity contribution in [3.63, 3.8) is 0 Å². The van der Waals surface area contributed by atoms with Gasteiger partial charge in [0.1, 0.15) is 6.07 Å². The Labute approximate surface area is 135 Å². The molecule has 0 fully saturated rings. The predicted octanol–water partition coefficient (Wildman–Crippen LogP) is 3.59. The van der Waals surface area contributed by atoms with Crippen LogP contribution in [0.3, 0.4) is 0 Å². The molecular weight excluding hydrogens is 320 g/mol. The Bertz CT molecular complexity index is 811. The highest BCUT2D eigenvalue weighted by Crippen LogP contribution is 2.27. The maximum absolute atomic E-state index is 12.7. The molecule has 0 aliphatic heterocycles. The lowest BCUT2D eigenvalue weighted by atomic mass is 10.1. The molecule has 0 spiro atoms. The van der Waals surface area contributed by atoms with Gasteiger partial charge in [0.05, 0.1) is 10.5 Å². The summed E-state index contributed by atoms with van der Waals surface area (Å²) in [6.07, 6.45) is 0. The lowest BCUT2D eigenvalue weighted by Crippen LogP contribution is -2.30. The topological polar surface area (TPSA) is 61.2 Å². The van der Waals surface area contributed by atoms with Crippen LogP contribution >= 0.6 is 11.6 Å². The summed E-state index contributed by atoms with van der Waals surface area (Å²) in [5.41, 5.74) is 0.961. The monoisotopic (exact) mass is 334 g/mol. The summed E-state index contributed by atoms with van der Waals surface area (Å²) in [5, 5.41) is 9.70. The molecule has 4 nitrogen and oxygen atoms in total. The molecule has 0 heterocycles. The van der Waals surface area contributed by atoms with Gasteiger partial charge in [0, 0.05) is 18.1 Å². The van der Waals surface area contributed by atoms with E-state index in [9.17, 15) is 8.42 Å². The number of halogens is 1. The average molecular weight is 335 g/mol. The quantitative estimate of drug-likeness (QED) is 0.858. The Morgan fingerprint density at radius 1 is 1.14 bits per heavy atom. The number of sulfonamides is 1. The van der Waals surface area contributed by atoms with Crippen molar-refractivity contribution in [3.8, 4) is 6.07 Å². The number of hydrogen-bond acceptors (Lipinski definition) is 3. The molecule has 0 saturated heterocycles. The standard InChI is InChI=1S/C16H15ClN2O2S/c1-12(13-7-9-15(17)10-8-13)19(2)22(20,21)16-6-4-3-5-14(16)11-18/h3-10,12H,1-2H3. The van der Waals surface area contributed by atoms with Crippen LogP contribution in [0.1, 0.15) is 24.1 Å². The summed E-state index contributed by atoms with van der Waals surface area (Å²) >= 11 is 5.85. The highest BCUT2D eigenvalue weighted by molar-refractivity contribution is 7.89. The summed E-state index contributed by atoms with van der Waals surface area (Å²) < 4.78 is 26.7. The zero-order valence-electron chi connectivity index (χ0n) is 12.2. The predicted molar refractivity (Wildman–Crippen MR) is 86.0 cm³/mol. The van der Waals surface area contributed by atoms with E-state index in [1.165, 1.54) is 23.5 Å². The van der Waals surface area contributed by atoms with Crippen LogP contribution in [0.15, 0.2) is 53.4 Å². The number of hydrogen-bond donors (Lipinski definition) is 0. The van der Waals surface area contributed by atoms with E-state index in [4.69, 9.17) is 16.9 Å². The first-order valence-electron chi connectivity index (χ1n) is 6.60. The van der Waals surface area contributed by atoms with E-state index in [1.807, 2.05) is 6.07 Å². The first kappa shape index (κ1) is 16.5. The molecule has 2 rings (SSSR count). The van der Waals surface area contributed by atoms with Crippen LogP contribution in [-0.2, 0) is 10.0 Å². The zero-order chi connectivity index (χ0) is 16.3. The van der Waals surface area contributed by atoms with Gasteiger partial charge in [-0.15, -0.1) is 0 Å². The first-order valence-corrected chi connectivity index (χ1v) is 8.42. The van der Waals surface area contributed by atoms with Crippen molar-refractivity contribution < 1.29 is 8.42 Å². The molecule has 0 radical (unpaired) electrons. The smallest absolute Gasteiger partial charge is 0.207 e. The van der Waals surface area contributed by atoms with Gasteiger partial charge in [0.15, 0.2) is 0 Å². The summed E-state index contributed by atoms with van der Waals surface area (Å²) in [6.45, 7) is 1.79. The third-order valence-electron chi connectivity index (χ3n) is 3.56. The molecule has 6 heteroatoms. The molecule has 0 amide bonds. The second-order valence-corrected chi connectivity index (χ2v) is 7.26. The lowest BCUT2D eigenvalue weighted by molar-refractivity contribution is 0.398. The fourth-order valence-corrected chi connectivity index (χ4v) is 3.71. The van der Waals surface area contributed by atoms with E-state index in [2.05, 4.69) is 0 Å². The fraction of sp³-hybridized carbons (Fsp3) is 0.188. The highest BCUT2D eigenvalue weighted by atomic mass is 35.5. The van der Waals surface area contributed by atoms with Crippen LogP contribution in [0.4, 0.5) is 0 Å². The number of benzene rings is 2. The van der Waals surface area contributed by atoms with Gasteiger partial charge >= 0.3 is 0 Å². The molecule has 0 bridgehead atoms. The van der Waals surface area contributed by atoms with E-state index in [-0.39, 0.29) is 16.5 Å².